The highest BCUT2D eigenvalue weighted by atomic mass is 32.2. The molecule has 2 aromatic carbocycles. The van der Waals surface area contributed by atoms with Crippen LogP contribution in [0.25, 0.3) is 11.4 Å². The Morgan fingerprint density at radius 1 is 1.24 bits per heavy atom. The Morgan fingerprint density at radius 2 is 2.08 bits per heavy atom. The van der Waals surface area contributed by atoms with Crippen molar-refractivity contribution in [1.82, 2.24) is 20.2 Å². The maximum Gasteiger partial charge on any atom is 0.234 e. The Labute approximate surface area is 146 Å². The fourth-order valence-corrected chi connectivity index (χ4v) is 2.90. The Bertz CT molecular complexity index is 915. The van der Waals surface area contributed by atoms with Gasteiger partial charge in [-0.15, -0.1) is 16.9 Å². The van der Waals surface area contributed by atoms with E-state index in [9.17, 15) is 13.6 Å². The molecule has 3 aromatic rings. The molecular formula is C16H13F2N5OS. The van der Waals surface area contributed by atoms with Crippen molar-refractivity contribution in [3.8, 4) is 11.4 Å². The van der Waals surface area contributed by atoms with E-state index in [0.717, 1.165) is 35.5 Å². The number of nitrogens with zero attached hydrogens (tertiary/aromatic N) is 4. The highest BCUT2D eigenvalue weighted by molar-refractivity contribution is 8.00. The molecule has 1 aromatic heterocycles. The van der Waals surface area contributed by atoms with Gasteiger partial charge in [0, 0.05) is 23.2 Å². The first-order chi connectivity index (χ1) is 12.0. The first-order valence-corrected chi connectivity index (χ1v) is 8.22. The molecule has 0 saturated heterocycles. The van der Waals surface area contributed by atoms with Crippen molar-refractivity contribution in [2.45, 2.75) is 4.90 Å². The lowest BCUT2D eigenvalue weighted by Gasteiger charge is -2.07. The Hall–Kier alpha value is -2.81. The quantitative estimate of drug-likeness (QED) is 0.708. The van der Waals surface area contributed by atoms with Crippen molar-refractivity contribution in [2.75, 3.05) is 11.1 Å². The van der Waals surface area contributed by atoms with E-state index in [-0.39, 0.29) is 16.6 Å². The van der Waals surface area contributed by atoms with Crippen LogP contribution in [0.15, 0.2) is 47.4 Å². The molecule has 0 aliphatic carbocycles. The van der Waals surface area contributed by atoms with E-state index in [4.69, 9.17) is 0 Å². The molecule has 3 rings (SSSR count). The summed E-state index contributed by atoms with van der Waals surface area (Å²) in [5.41, 5.74) is 1.31. The Morgan fingerprint density at radius 3 is 2.84 bits per heavy atom. The van der Waals surface area contributed by atoms with Gasteiger partial charge in [-0.2, -0.15) is 0 Å². The summed E-state index contributed by atoms with van der Waals surface area (Å²) in [6, 6.07) is 10.2. The van der Waals surface area contributed by atoms with Gasteiger partial charge in [0.1, 0.15) is 11.6 Å². The molecule has 0 radical (unpaired) electrons. The van der Waals surface area contributed by atoms with Crippen LogP contribution in [0, 0.1) is 11.6 Å². The molecule has 1 N–H and O–H groups in total. The lowest BCUT2D eigenvalue weighted by atomic mass is 10.2. The number of hydrogen-bond acceptors (Lipinski definition) is 5. The number of aryl methyl sites for hydroxylation is 1. The van der Waals surface area contributed by atoms with Crippen LogP contribution in [0.4, 0.5) is 14.5 Å². The molecule has 1 heterocycles. The molecule has 0 aliphatic rings. The highest BCUT2D eigenvalue weighted by Gasteiger charge is 2.10. The number of thioether (sulfide) groups is 1. The monoisotopic (exact) mass is 361 g/mol. The lowest BCUT2D eigenvalue weighted by Crippen LogP contribution is -2.14. The van der Waals surface area contributed by atoms with E-state index in [2.05, 4.69) is 20.8 Å². The molecule has 1 amide bonds. The molecule has 0 unspecified atom stereocenters. The summed E-state index contributed by atoms with van der Waals surface area (Å²) in [4.78, 5) is 12.1. The van der Waals surface area contributed by atoms with E-state index in [1.165, 1.54) is 4.68 Å². The third kappa shape index (κ3) is 4.18. The standard InChI is InChI=1S/C16H13F2N5OS/c1-23-16(20-21-22-23)10-3-2-4-12(7-10)19-15(24)9-25-14-8-11(17)5-6-13(14)18/h2-8H,9H2,1H3,(H,19,24). The number of halogens is 2. The molecule has 128 valence electrons. The summed E-state index contributed by atoms with van der Waals surface area (Å²) < 4.78 is 28.2. The molecule has 0 spiro atoms. The maximum absolute atomic E-state index is 13.6. The first kappa shape index (κ1) is 17.0. The van der Waals surface area contributed by atoms with Gasteiger partial charge >= 0.3 is 0 Å². The van der Waals surface area contributed by atoms with Gasteiger partial charge in [0.2, 0.25) is 5.91 Å². The van der Waals surface area contributed by atoms with Crippen molar-refractivity contribution >= 4 is 23.4 Å². The number of hydrogen-bond donors (Lipinski definition) is 1. The van der Waals surface area contributed by atoms with Crippen LogP contribution in [-0.2, 0) is 11.8 Å². The minimum absolute atomic E-state index is 0.0455. The minimum Gasteiger partial charge on any atom is -0.325 e. The van der Waals surface area contributed by atoms with Crippen molar-refractivity contribution < 1.29 is 13.6 Å². The second kappa shape index (κ2) is 7.39. The van der Waals surface area contributed by atoms with E-state index >= 15 is 0 Å². The van der Waals surface area contributed by atoms with E-state index in [0.29, 0.717) is 11.5 Å². The summed E-state index contributed by atoms with van der Waals surface area (Å²) in [6.07, 6.45) is 0. The Kier molecular flexibility index (Phi) is 5.03. The molecule has 9 heteroatoms. The number of aromatic nitrogens is 4. The molecule has 0 saturated carbocycles. The third-order valence-electron chi connectivity index (χ3n) is 3.28. The number of nitrogens with one attached hydrogen (secondary N) is 1. The zero-order valence-corrected chi connectivity index (χ0v) is 13.9. The summed E-state index contributed by atoms with van der Waals surface area (Å²) in [6.45, 7) is 0. The number of carbonyl (C=O) groups is 1. The summed E-state index contributed by atoms with van der Waals surface area (Å²) in [7, 11) is 1.71. The summed E-state index contributed by atoms with van der Waals surface area (Å²) >= 11 is 0.929. The Balaban J connectivity index is 1.65. The van der Waals surface area contributed by atoms with Crippen molar-refractivity contribution in [3.05, 3.63) is 54.1 Å². The number of rotatable bonds is 5. The fourth-order valence-electron chi connectivity index (χ4n) is 2.14. The van der Waals surface area contributed by atoms with Crippen LogP contribution in [0.1, 0.15) is 0 Å². The van der Waals surface area contributed by atoms with Crippen molar-refractivity contribution in [2.24, 2.45) is 7.05 Å². The predicted octanol–water partition coefficient (Wildman–Crippen LogP) is 2.89. The molecular weight excluding hydrogens is 348 g/mol. The molecule has 0 atom stereocenters. The molecule has 6 nitrogen and oxygen atoms in total. The molecule has 0 aliphatic heterocycles. The van der Waals surface area contributed by atoms with Gasteiger partial charge in [-0.05, 0) is 40.8 Å². The maximum atomic E-state index is 13.6. The van der Waals surface area contributed by atoms with Gasteiger partial charge < -0.3 is 5.32 Å². The molecule has 25 heavy (non-hydrogen) atoms. The van der Waals surface area contributed by atoms with Crippen LogP contribution in [-0.4, -0.2) is 31.9 Å². The van der Waals surface area contributed by atoms with Gasteiger partial charge in [0.15, 0.2) is 5.82 Å². The van der Waals surface area contributed by atoms with Crippen LogP contribution in [0.3, 0.4) is 0 Å². The van der Waals surface area contributed by atoms with Gasteiger partial charge in [0.05, 0.1) is 5.75 Å². The van der Waals surface area contributed by atoms with Gasteiger partial charge in [0.25, 0.3) is 0 Å². The molecule has 0 fully saturated rings. The largest absolute Gasteiger partial charge is 0.325 e. The van der Waals surface area contributed by atoms with Gasteiger partial charge in [-0.25, -0.2) is 13.5 Å². The third-order valence-corrected chi connectivity index (χ3v) is 4.31. The number of carbonyl (C=O) groups excluding carboxylic acids is 1. The number of amides is 1. The number of benzene rings is 2. The van der Waals surface area contributed by atoms with Gasteiger partial charge in [-0.1, -0.05) is 12.1 Å². The van der Waals surface area contributed by atoms with Crippen LogP contribution >= 0.6 is 11.8 Å². The second-order valence-corrected chi connectivity index (χ2v) is 6.14. The van der Waals surface area contributed by atoms with E-state index < -0.39 is 11.6 Å². The van der Waals surface area contributed by atoms with Gasteiger partial charge in [-0.3, -0.25) is 4.79 Å². The smallest absolute Gasteiger partial charge is 0.234 e. The zero-order chi connectivity index (χ0) is 17.8. The zero-order valence-electron chi connectivity index (χ0n) is 13.1. The van der Waals surface area contributed by atoms with E-state index in [1.807, 2.05) is 6.07 Å². The topological polar surface area (TPSA) is 72.7 Å². The van der Waals surface area contributed by atoms with E-state index in [1.54, 1.807) is 25.2 Å². The summed E-state index contributed by atoms with van der Waals surface area (Å²) in [5.74, 6) is -0.921. The van der Waals surface area contributed by atoms with Crippen LogP contribution in [0.2, 0.25) is 0 Å². The number of tetrazole rings is 1. The highest BCUT2D eigenvalue weighted by Crippen LogP contribution is 2.23. The normalized spacial score (nSPS) is 10.7. The summed E-state index contributed by atoms with van der Waals surface area (Å²) in [5, 5.41) is 14.0. The first-order valence-electron chi connectivity index (χ1n) is 7.23. The predicted molar refractivity (Wildman–Crippen MR) is 89.9 cm³/mol. The van der Waals surface area contributed by atoms with Crippen LogP contribution in [0.5, 0.6) is 0 Å². The second-order valence-electron chi connectivity index (χ2n) is 5.12. The average molecular weight is 361 g/mol. The van der Waals surface area contributed by atoms with Crippen LogP contribution < -0.4 is 5.32 Å². The van der Waals surface area contributed by atoms with Crippen molar-refractivity contribution in [3.63, 3.8) is 0 Å². The average Bonchev–Trinajstić information content (AvgIpc) is 3.02. The fraction of sp³-hybridized carbons (Fsp3) is 0.125. The van der Waals surface area contributed by atoms with Crippen molar-refractivity contribution in [1.29, 1.82) is 0 Å². The number of anilines is 1. The minimum atomic E-state index is -0.559. The molecule has 0 bridgehead atoms. The SMILES string of the molecule is Cn1nnnc1-c1cccc(NC(=O)CSc2cc(F)ccc2F)c1. The lowest BCUT2D eigenvalue weighted by molar-refractivity contribution is -0.113.